The second-order valence-electron chi connectivity index (χ2n) is 5.10. The monoisotopic (exact) mass is 308 g/mol. The summed E-state index contributed by atoms with van der Waals surface area (Å²) in [6.07, 6.45) is -1.40. The van der Waals surface area contributed by atoms with Crippen LogP contribution in [0, 0.1) is 0 Å². The number of ether oxygens (including phenoxy) is 2. The Kier molecular flexibility index (Phi) is 5.60. The molecule has 1 aliphatic heterocycles. The van der Waals surface area contributed by atoms with Crippen molar-refractivity contribution in [3.05, 3.63) is 35.9 Å². The highest BCUT2D eigenvalue weighted by Crippen LogP contribution is 2.14. The Balaban J connectivity index is 1.81. The number of carbonyl (C=O) groups is 2. The van der Waals surface area contributed by atoms with Crippen LogP contribution in [0.1, 0.15) is 12.0 Å². The lowest BCUT2D eigenvalue weighted by Gasteiger charge is -2.36. The molecule has 0 spiro atoms. The van der Waals surface area contributed by atoms with Crippen molar-refractivity contribution in [2.45, 2.75) is 25.2 Å². The Bertz CT molecular complexity index is 508. The molecule has 0 unspecified atom stereocenters. The first-order valence-corrected chi connectivity index (χ1v) is 7.08. The zero-order valence-electron chi connectivity index (χ0n) is 12.4. The number of nitrogens with zero attached hydrogens (tertiary/aromatic N) is 1. The minimum Gasteiger partial charge on any atom is -0.465 e. The zero-order chi connectivity index (χ0) is 15.9. The molecule has 120 valence electrons. The molecule has 1 saturated heterocycles. The third kappa shape index (κ3) is 4.36. The maximum Gasteiger partial charge on any atom is 0.407 e. The molecule has 1 aliphatic rings. The molecule has 1 heterocycles. The van der Waals surface area contributed by atoms with E-state index in [0.29, 0.717) is 13.0 Å². The van der Waals surface area contributed by atoms with Gasteiger partial charge >= 0.3 is 12.2 Å². The minimum absolute atomic E-state index is 0.193. The summed E-state index contributed by atoms with van der Waals surface area (Å²) in [6, 6.07) is 9.12. The summed E-state index contributed by atoms with van der Waals surface area (Å²) >= 11 is 0. The molecule has 0 radical (unpaired) electrons. The van der Waals surface area contributed by atoms with Gasteiger partial charge < -0.3 is 24.8 Å². The maximum absolute atomic E-state index is 11.8. The van der Waals surface area contributed by atoms with E-state index in [2.05, 4.69) is 5.32 Å². The van der Waals surface area contributed by atoms with Crippen LogP contribution in [0.5, 0.6) is 0 Å². The molecule has 2 N–H and O–H groups in total. The van der Waals surface area contributed by atoms with Gasteiger partial charge in [-0.05, 0) is 12.0 Å². The van der Waals surface area contributed by atoms with Crippen LogP contribution in [-0.2, 0) is 16.1 Å². The van der Waals surface area contributed by atoms with Crippen molar-refractivity contribution in [2.75, 3.05) is 20.2 Å². The molecular formula is C15H20N2O5. The van der Waals surface area contributed by atoms with E-state index in [9.17, 15) is 9.59 Å². The topological polar surface area (TPSA) is 88.1 Å². The third-order valence-corrected chi connectivity index (χ3v) is 3.65. The molecule has 0 aromatic heterocycles. The summed E-state index contributed by atoms with van der Waals surface area (Å²) in [5.74, 6) is 0. The first-order valence-electron chi connectivity index (χ1n) is 7.08. The Hall–Kier alpha value is -2.28. The number of methoxy groups -OCH3 is 1. The van der Waals surface area contributed by atoms with Crippen molar-refractivity contribution in [1.82, 2.24) is 10.2 Å². The van der Waals surface area contributed by atoms with Crippen molar-refractivity contribution in [1.29, 1.82) is 0 Å². The lowest BCUT2D eigenvalue weighted by atomic mass is 10.0. The Labute approximate surface area is 128 Å². The van der Waals surface area contributed by atoms with Crippen LogP contribution in [0.15, 0.2) is 30.3 Å². The Morgan fingerprint density at radius 3 is 2.73 bits per heavy atom. The van der Waals surface area contributed by atoms with Crippen LogP contribution in [0.25, 0.3) is 0 Å². The summed E-state index contributed by atoms with van der Waals surface area (Å²) in [5.41, 5.74) is 0.904. The molecule has 1 fully saturated rings. The summed E-state index contributed by atoms with van der Waals surface area (Å²) < 4.78 is 10.4. The average Bonchev–Trinajstić information content (AvgIpc) is 2.54. The molecule has 0 aliphatic carbocycles. The molecule has 1 aromatic carbocycles. The number of carboxylic acid groups (broad SMARTS) is 1. The number of likely N-dealkylation sites (tertiary alicyclic amines) is 1. The van der Waals surface area contributed by atoms with Gasteiger partial charge in [0.2, 0.25) is 0 Å². The first kappa shape index (κ1) is 16.1. The van der Waals surface area contributed by atoms with E-state index < -0.39 is 12.2 Å². The van der Waals surface area contributed by atoms with Crippen molar-refractivity contribution < 1.29 is 24.2 Å². The minimum atomic E-state index is -0.979. The molecule has 2 amide bonds. The van der Waals surface area contributed by atoms with Gasteiger partial charge in [0.1, 0.15) is 6.61 Å². The maximum atomic E-state index is 11.8. The van der Waals surface area contributed by atoms with Gasteiger partial charge in [0.15, 0.2) is 0 Å². The van der Waals surface area contributed by atoms with Gasteiger partial charge in [0.25, 0.3) is 0 Å². The van der Waals surface area contributed by atoms with Crippen molar-refractivity contribution in [2.24, 2.45) is 0 Å². The molecule has 7 nitrogen and oxygen atoms in total. The van der Waals surface area contributed by atoms with E-state index in [1.54, 1.807) is 0 Å². The quantitative estimate of drug-likeness (QED) is 0.883. The third-order valence-electron chi connectivity index (χ3n) is 3.65. The van der Waals surface area contributed by atoms with Gasteiger partial charge in [-0.25, -0.2) is 9.59 Å². The second kappa shape index (κ2) is 7.65. The Morgan fingerprint density at radius 1 is 1.36 bits per heavy atom. The predicted molar refractivity (Wildman–Crippen MR) is 78.6 cm³/mol. The summed E-state index contributed by atoms with van der Waals surface area (Å²) in [7, 11) is 1.50. The smallest absolute Gasteiger partial charge is 0.407 e. The number of carbonyl (C=O) groups excluding carboxylic acids is 1. The van der Waals surface area contributed by atoms with Crippen LogP contribution >= 0.6 is 0 Å². The number of hydrogen-bond acceptors (Lipinski definition) is 4. The van der Waals surface area contributed by atoms with Gasteiger partial charge in [0, 0.05) is 13.7 Å². The predicted octanol–water partition coefficient (Wildman–Crippen LogP) is 1.68. The van der Waals surface area contributed by atoms with E-state index in [-0.39, 0.29) is 25.3 Å². The van der Waals surface area contributed by atoms with Crippen molar-refractivity contribution >= 4 is 12.2 Å². The molecule has 0 bridgehead atoms. The lowest BCUT2D eigenvalue weighted by molar-refractivity contribution is 0.00870. The van der Waals surface area contributed by atoms with Gasteiger partial charge in [-0.1, -0.05) is 30.3 Å². The lowest BCUT2D eigenvalue weighted by Crippen LogP contribution is -2.55. The van der Waals surface area contributed by atoms with Gasteiger partial charge in [-0.15, -0.1) is 0 Å². The molecular weight excluding hydrogens is 288 g/mol. The Morgan fingerprint density at radius 2 is 2.09 bits per heavy atom. The zero-order valence-corrected chi connectivity index (χ0v) is 12.4. The molecule has 7 heteroatoms. The van der Waals surface area contributed by atoms with Gasteiger partial charge in [-0.2, -0.15) is 0 Å². The second-order valence-corrected chi connectivity index (χ2v) is 5.10. The SMILES string of the molecule is CO[C@@H]1CN(C(=O)O)CC[C@@H]1NC(=O)OCc1ccccc1. The van der Waals surface area contributed by atoms with Crippen molar-refractivity contribution in [3.8, 4) is 0 Å². The van der Waals surface area contributed by atoms with Crippen LogP contribution in [0.3, 0.4) is 0 Å². The summed E-state index contributed by atoms with van der Waals surface area (Å²) in [5, 5.41) is 11.7. The molecule has 22 heavy (non-hydrogen) atoms. The number of rotatable bonds is 4. The van der Waals surface area contributed by atoms with Crippen molar-refractivity contribution in [3.63, 3.8) is 0 Å². The number of alkyl carbamates (subject to hydrolysis) is 1. The van der Waals surface area contributed by atoms with Crippen LogP contribution in [0.4, 0.5) is 9.59 Å². The number of benzene rings is 1. The van der Waals surface area contributed by atoms with E-state index in [1.807, 2.05) is 30.3 Å². The molecule has 1 aromatic rings. The van der Waals surface area contributed by atoms with E-state index in [4.69, 9.17) is 14.6 Å². The molecule has 2 rings (SSSR count). The number of hydrogen-bond donors (Lipinski definition) is 2. The van der Waals surface area contributed by atoms with E-state index in [0.717, 1.165) is 5.56 Å². The van der Waals surface area contributed by atoms with Crippen LogP contribution in [-0.4, -0.2) is 54.5 Å². The number of amides is 2. The molecule has 0 saturated carbocycles. The fourth-order valence-corrected chi connectivity index (χ4v) is 2.41. The van der Waals surface area contributed by atoms with Gasteiger partial charge in [-0.3, -0.25) is 0 Å². The number of nitrogens with one attached hydrogen (secondary N) is 1. The summed E-state index contributed by atoms with van der Waals surface area (Å²) in [4.78, 5) is 24.1. The fourth-order valence-electron chi connectivity index (χ4n) is 2.41. The van der Waals surface area contributed by atoms with E-state index in [1.165, 1.54) is 12.0 Å². The fraction of sp³-hybridized carbons (Fsp3) is 0.467. The first-order chi connectivity index (χ1) is 10.6. The standard InChI is InChI=1S/C15H20N2O5/c1-21-13-9-17(15(19)20)8-7-12(13)16-14(18)22-10-11-5-3-2-4-6-11/h2-6,12-13H,7-10H2,1H3,(H,16,18)(H,19,20)/t12-,13+/m0/s1. The normalized spacial score (nSPS) is 21.2. The van der Waals surface area contributed by atoms with E-state index >= 15 is 0 Å². The highest BCUT2D eigenvalue weighted by molar-refractivity contribution is 5.68. The van der Waals surface area contributed by atoms with Crippen LogP contribution < -0.4 is 5.32 Å². The highest BCUT2D eigenvalue weighted by Gasteiger charge is 2.32. The van der Waals surface area contributed by atoms with Crippen LogP contribution in [0.2, 0.25) is 0 Å². The van der Waals surface area contributed by atoms with Gasteiger partial charge in [0.05, 0.1) is 18.7 Å². The average molecular weight is 308 g/mol. The largest absolute Gasteiger partial charge is 0.465 e. The number of piperidine rings is 1. The molecule has 2 atom stereocenters. The highest BCUT2D eigenvalue weighted by atomic mass is 16.5. The summed E-state index contributed by atoms with van der Waals surface area (Å²) in [6.45, 7) is 0.784.